The Morgan fingerprint density at radius 1 is 1.60 bits per heavy atom. The smallest absolute Gasteiger partial charge is 0.262 e. The predicted octanol–water partition coefficient (Wildman–Crippen LogP) is 3.04. The lowest BCUT2D eigenvalue weighted by Gasteiger charge is -2.19. The summed E-state index contributed by atoms with van der Waals surface area (Å²) in [6.45, 7) is 4.26. The largest absolute Gasteiger partial charge is 0.371 e. The molecule has 0 aromatic carbocycles. The van der Waals surface area contributed by atoms with E-state index < -0.39 is 0 Å². The van der Waals surface area contributed by atoms with Gasteiger partial charge in [0.05, 0.1) is 17.1 Å². The topological polar surface area (TPSA) is 44.1 Å². The lowest BCUT2D eigenvalue weighted by atomic mass is 10.1. The summed E-state index contributed by atoms with van der Waals surface area (Å²) in [5.74, 6) is 0.848. The Balaban J connectivity index is 1.78. The minimum atomic E-state index is -0.0117. The van der Waals surface area contributed by atoms with Crippen LogP contribution in [0.15, 0.2) is 21.4 Å². The Morgan fingerprint density at radius 3 is 3.10 bits per heavy atom. The highest BCUT2D eigenvalue weighted by atomic mass is 32.2. The molecule has 1 aliphatic heterocycles. The van der Waals surface area contributed by atoms with E-state index in [0.29, 0.717) is 5.39 Å². The first-order valence-corrected chi connectivity index (χ1v) is 8.58. The summed E-state index contributed by atoms with van der Waals surface area (Å²) in [4.78, 5) is 17.6. The SMILES string of the molecule is Cn1c(SC[C@H]2CCC(C)(C)O2)nc2sccc2c1=O. The van der Waals surface area contributed by atoms with Crippen LogP contribution in [-0.4, -0.2) is 27.0 Å². The number of ether oxygens (including phenoxy) is 1. The van der Waals surface area contributed by atoms with Gasteiger partial charge >= 0.3 is 0 Å². The molecule has 4 nitrogen and oxygen atoms in total. The number of fused-ring (bicyclic) bond motifs is 1. The van der Waals surface area contributed by atoms with Gasteiger partial charge in [0, 0.05) is 12.8 Å². The molecular formula is C14H18N2O2S2. The molecule has 0 saturated carbocycles. The highest BCUT2D eigenvalue weighted by Crippen LogP contribution is 2.32. The number of thioether (sulfide) groups is 1. The minimum absolute atomic E-state index is 0.0117. The fraction of sp³-hybridized carbons (Fsp3) is 0.571. The van der Waals surface area contributed by atoms with Gasteiger partial charge in [-0.05, 0) is 38.1 Å². The van der Waals surface area contributed by atoms with Crippen molar-refractivity contribution in [3.05, 3.63) is 21.8 Å². The number of aromatic nitrogens is 2. The Hall–Kier alpha value is -0.850. The third-order valence-corrected chi connectivity index (χ3v) is 5.58. The zero-order valence-corrected chi connectivity index (χ0v) is 13.5. The van der Waals surface area contributed by atoms with Crippen LogP contribution in [0.3, 0.4) is 0 Å². The van der Waals surface area contributed by atoms with Crippen molar-refractivity contribution in [3.63, 3.8) is 0 Å². The molecule has 1 fully saturated rings. The molecule has 2 aromatic rings. The molecule has 3 rings (SSSR count). The highest BCUT2D eigenvalue weighted by molar-refractivity contribution is 7.99. The van der Waals surface area contributed by atoms with Gasteiger partial charge in [-0.1, -0.05) is 11.8 Å². The molecule has 0 amide bonds. The molecule has 0 bridgehead atoms. The maximum Gasteiger partial charge on any atom is 0.262 e. The second-order valence-electron chi connectivity index (χ2n) is 5.75. The number of rotatable bonds is 3. The zero-order chi connectivity index (χ0) is 14.3. The van der Waals surface area contributed by atoms with Crippen LogP contribution in [0.5, 0.6) is 0 Å². The van der Waals surface area contributed by atoms with E-state index in [0.717, 1.165) is 28.6 Å². The lowest BCUT2D eigenvalue weighted by molar-refractivity contribution is -0.00469. The number of nitrogens with zero attached hydrogens (tertiary/aromatic N) is 2. The van der Waals surface area contributed by atoms with Gasteiger partial charge in [0.25, 0.3) is 5.56 Å². The monoisotopic (exact) mass is 310 g/mol. The summed E-state index contributed by atoms with van der Waals surface area (Å²) in [7, 11) is 1.79. The molecule has 108 valence electrons. The van der Waals surface area contributed by atoms with Gasteiger partial charge in [-0.3, -0.25) is 9.36 Å². The van der Waals surface area contributed by atoms with E-state index in [9.17, 15) is 4.79 Å². The van der Waals surface area contributed by atoms with Gasteiger partial charge in [0.15, 0.2) is 5.16 Å². The summed E-state index contributed by atoms with van der Waals surface area (Å²) >= 11 is 3.12. The van der Waals surface area contributed by atoms with Gasteiger partial charge in [0.2, 0.25) is 0 Å². The van der Waals surface area contributed by atoms with Crippen LogP contribution in [0.25, 0.3) is 10.2 Å². The van der Waals surface area contributed by atoms with Crippen molar-refractivity contribution in [3.8, 4) is 0 Å². The van der Waals surface area contributed by atoms with Crippen LogP contribution in [0, 0.1) is 0 Å². The highest BCUT2D eigenvalue weighted by Gasteiger charge is 2.31. The van der Waals surface area contributed by atoms with Crippen molar-refractivity contribution in [2.24, 2.45) is 7.05 Å². The van der Waals surface area contributed by atoms with Gasteiger partial charge in [-0.25, -0.2) is 4.98 Å². The zero-order valence-electron chi connectivity index (χ0n) is 11.9. The Bertz CT molecular complexity index is 690. The second-order valence-corrected chi connectivity index (χ2v) is 7.63. The number of hydrogen-bond donors (Lipinski definition) is 0. The third-order valence-electron chi connectivity index (χ3n) is 3.62. The van der Waals surface area contributed by atoms with Crippen LogP contribution >= 0.6 is 23.1 Å². The molecule has 0 radical (unpaired) electrons. The Labute approximate surface area is 126 Å². The molecule has 20 heavy (non-hydrogen) atoms. The van der Waals surface area contributed by atoms with E-state index in [1.807, 2.05) is 11.4 Å². The first-order valence-electron chi connectivity index (χ1n) is 6.71. The van der Waals surface area contributed by atoms with Crippen molar-refractivity contribution in [1.29, 1.82) is 0 Å². The quantitative estimate of drug-likeness (QED) is 0.645. The van der Waals surface area contributed by atoms with Crippen molar-refractivity contribution < 1.29 is 4.74 Å². The molecule has 3 heterocycles. The molecule has 0 aliphatic carbocycles. The van der Waals surface area contributed by atoms with Crippen LogP contribution < -0.4 is 5.56 Å². The Kier molecular flexibility index (Phi) is 3.64. The summed E-state index contributed by atoms with van der Waals surface area (Å²) in [6.07, 6.45) is 2.43. The molecule has 1 saturated heterocycles. The maximum absolute atomic E-state index is 12.2. The van der Waals surface area contributed by atoms with Crippen LogP contribution in [-0.2, 0) is 11.8 Å². The van der Waals surface area contributed by atoms with Crippen LogP contribution in [0.4, 0.5) is 0 Å². The van der Waals surface area contributed by atoms with Crippen molar-refractivity contribution in [1.82, 2.24) is 9.55 Å². The van der Waals surface area contributed by atoms with Crippen molar-refractivity contribution >= 4 is 33.3 Å². The van der Waals surface area contributed by atoms with E-state index in [1.165, 1.54) is 11.3 Å². The van der Waals surface area contributed by atoms with Crippen LogP contribution in [0.2, 0.25) is 0 Å². The van der Waals surface area contributed by atoms with E-state index >= 15 is 0 Å². The summed E-state index contributed by atoms with van der Waals surface area (Å²) < 4.78 is 7.62. The fourth-order valence-corrected chi connectivity index (χ4v) is 4.29. The average molecular weight is 310 g/mol. The van der Waals surface area contributed by atoms with E-state index in [4.69, 9.17) is 4.74 Å². The van der Waals surface area contributed by atoms with E-state index in [2.05, 4.69) is 18.8 Å². The number of thiophene rings is 1. The molecule has 1 atom stereocenters. The summed E-state index contributed by atoms with van der Waals surface area (Å²) in [5, 5.41) is 3.40. The minimum Gasteiger partial charge on any atom is -0.371 e. The molecule has 0 unspecified atom stereocenters. The van der Waals surface area contributed by atoms with Gasteiger partial charge in [-0.2, -0.15) is 0 Å². The average Bonchev–Trinajstić information content (AvgIpc) is 2.98. The lowest BCUT2D eigenvalue weighted by Crippen LogP contribution is -2.22. The first-order chi connectivity index (χ1) is 9.46. The Morgan fingerprint density at radius 2 is 2.40 bits per heavy atom. The van der Waals surface area contributed by atoms with Gasteiger partial charge in [-0.15, -0.1) is 11.3 Å². The molecule has 6 heteroatoms. The standard InChI is InChI=1S/C14H18N2O2S2/c1-14(2)6-4-9(18-14)8-20-13-15-11-10(5-7-19-11)12(17)16(13)3/h5,7,9H,4,6,8H2,1-3H3/t9-/m1/s1. The van der Waals surface area contributed by atoms with Crippen molar-refractivity contribution in [2.75, 3.05) is 5.75 Å². The molecule has 2 aromatic heterocycles. The van der Waals surface area contributed by atoms with Crippen LogP contribution in [0.1, 0.15) is 26.7 Å². The summed E-state index contributed by atoms with van der Waals surface area (Å²) in [6, 6.07) is 1.84. The molecule has 0 spiro atoms. The maximum atomic E-state index is 12.2. The second kappa shape index (κ2) is 5.16. The van der Waals surface area contributed by atoms with E-state index in [1.54, 1.807) is 23.4 Å². The van der Waals surface area contributed by atoms with E-state index in [-0.39, 0.29) is 17.3 Å². The van der Waals surface area contributed by atoms with Gasteiger partial charge < -0.3 is 4.74 Å². The third kappa shape index (κ3) is 2.64. The van der Waals surface area contributed by atoms with Gasteiger partial charge in [0.1, 0.15) is 4.83 Å². The number of hydrogen-bond acceptors (Lipinski definition) is 5. The molecule has 0 N–H and O–H groups in total. The fourth-order valence-electron chi connectivity index (χ4n) is 2.47. The first kappa shape index (κ1) is 14.1. The normalized spacial score (nSPS) is 21.6. The predicted molar refractivity (Wildman–Crippen MR) is 83.8 cm³/mol. The molecular weight excluding hydrogens is 292 g/mol. The molecule has 1 aliphatic rings. The van der Waals surface area contributed by atoms with Crippen molar-refractivity contribution in [2.45, 2.75) is 43.6 Å². The summed E-state index contributed by atoms with van der Waals surface area (Å²) in [5.41, 5.74) is 0.0221.